The monoisotopic (exact) mass is 418 g/mol. The fourth-order valence-electron chi connectivity index (χ4n) is 3.12. The number of anilines is 1. The van der Waals surface area contributed by atoms with E-state index in [0.717, 1.165) is 25.7 Å². The molecule has 2 rings (SSSR count). The van der Waals surface area contributed by atoms with Gasteiger partial charge in [-0.05, 0) is 61.4 Å². The maximum atomic E-state index is 13.3. The predicted molar refractivity (Wildman–Crippen MR) is 116 cm³/mol. The molecular formula is C23H28ClFN2O2. The predicted octanol–water partition coefficient (Wildman–Crippen LogP) is 5.46. The molecule has 29 heavy (non-hydrogen) atoms. The molecule has 0 fully saturated rings. The molecule has 0 aromatic heterocycles. The summed E-state index contributed by atoms with van der Waals surface area (Å²) in [4.78, 5) is 27.0. The summed E-state index contributed by atoms with van der Waals surface area (Å²) >= 11 is 5.91. The Kier molecular flexibility index (Phi) is 9.13. The molecule has 0 saturated heterocycles. The van der Waals surface area contributed by atoms with Crippen LogP contribution in [0.5, 0.6) is 0 Å². The van der Waals surface area contributed by atoms with Gasteiger partial charge in [-0.2, -0.15) is 0 Å². The maximum Gasteiger partial charge on any atom is 0.258 e. The molecule has 0 bridgehead atoms. The summed E-state index contributed by atoms with van der Waals surface area (Å²) in [5.41, 5.74) is 1.04. The number of amides is 2. The van der Waals surface area contributed by atoms with E-state index in [2.05, 4.69) is 12.2 Å². The Morgan fingerprint density at radius 1 is 1.07 bits per heavy atom. The number of nitrogens with zero attached hydrogens (tertiary/aromatic N) is 1. The third-order valence-corrected chi connectivity index (χ3v) is 5.13. The summed E-state index contributed by atoms with van der Waals surface area (Å²) in [6.45, 7) is 4.71. The van der Waals surface area contributed by atoms with E-state index in [0.29, 0.717) is 22.8 Å². The van der Waals surface area contributed by atoms with E-state index in [4.69, 9.17) is 11.6 Å². The zero-order valence-corrected chi connectivity index (χ0v) is 17.7. The normalized spacial score (nSPS) is 11.7. The van der Waals surface area contributed by atoms with Crippen LogP contribution >= 0.6 is 11.6 Å². The Balaban J connectivity index is 2.09. The molecule has 156 valence electrons. The van der Waals surface area contributed by atoms with Gasteiger partial charge in [0.05, 0.1) is 0 Å². The Morgan fingerprint density at radius 3 is 2.31 bits per heavy atom. The van der Waals surface area contributed by atoms with Crippen molar-refractivity contribution in [2.24, 2.45) is 5.92 Å². The van der Waals surface area contributed by atoms with Crippen molar-refractivity contribution in [1.29, 1.82) is 0 Å². The van der Waals surface area contributed by atoms with Crippen molar-refractivity contribution in [3.63, 3.8) is 0 Å². The SMILES string of the molecule is CCCCC(CC)C(=O)NCCN(C(=O)c1ccc(Cl)cc1)c1ccc(F)cc1. The molecule has 2 aromatic rings. The minimum atomic E-state index is -0.373. The fourth-order valence-corrected chi connectivity index (χ4v) is 3.25. The highest BCUT2D eigenvalue weighted by molar-refractivity contribution is 6.30. The fraction of sp³-hybridized carbons (Fsp3) is 0.391. The van der Waals surface area contributed by atoms with E-state index in [1.807, 2.05) is 6.92 Å². The van der Waals surface area contributed by atoms with Crippen molar-refractivity contribution < 1.29 is 14.0 Å². The quantitative estimate of drug-likeness (QED) is 0.557. The smallest absolute Gasteiger partial charge is 0.258 e. The molecule has 4 nitrogen and oxygen atoms in total. The number of hydrogen-bond donors (Lipinski definition) is 1. The summed E-state index contributed by atoms with van der Waals surface area (Å²) in [6, 6.07) is 12.3. The average molecular weight is 419 g/mol. The summed E-state index contributed by atoms with van der Waals surface area (Å²) in [7, 11) is 0. The van der Waals surface area contributed by atoms with Gasteiger partial charge in [-0.25, -0.2) is 4.39 Å². The zero-order chi connectivity index (χ0) is 21.2. The first-order valence-corrected chi connectivity index (χ1v) is 10.4. The molecule has 0 spiro atoms. The lowest BCUT2D eigenvalue weighted by atomic mass is 9.98. The summed E-state index contributed by atoms with van der Waals surface area (Å²) in [5.74, 6) is -0.608. The van der Waals surface area contributed by atoms with Gasteiger partial charge in [-0.1, -0.05) is 38.3 Å². The number of halogens is 2. The third-order valence-electron chi connectivity index (χ3n) is 4.88. The minimum absolute atomic E-state index is 0.0128. The largest absolute Gasteiger partial charge is 0.354 e. The van der Waals surface area contributed by atoms with Crippen molar-refractivity contribution in [1.82, 2.24) is 5.32 Å². The number of nitrogens with one attached hydrogen (secondary N) is 1. The molecule has 0 saturated carbocycles. The van der Waals surface area contributed by atoms with Crippen LogP contribution in [0.1, 0.15) is 49.9 Å². The number of hydrogen-bond acceptors (Lipinski definition) is 2. The van der Waals surface area contributed by atoms with E-state index in [1.165, 1.54) is 17.0 Å². The van der Waals surface area contributed by atoms with Gasteiger partial charge in [0.1, 0.15) is 5.82 Å². The minimum Gasteiger partial charge on any atom is -0.354 e. The molecule has 0 aliphatic heterocycles. The molecule has 0 aliphatic rings. The van der Waals surface area contributed by atoms with Gasteiger partial charge in [0.2, 0.25) is 5.91 Å². The Bertz CT molecular complexity index is 794. The molecule has 2 aromatic carbocycles. The Hall–Kier alpha value is -2.40. The molecule has 1 atom stereocenters. The van der Waals surface area contributed by atoms with E-state index < -0.39 is 0 Å². The lowest BCUT2D eigenvalue weighted by Crippen LogP contribution is -2.40. The highest BCUT2D eigenvalue weighted by Crippen LogP contribution is 2.19. The molecular weight excluding hydrogens is 391 g/mol. The molecule has 0 aliphatic carbocycles. The number of benzene rings is 2. The van der Waals surface area contributed by atoms with Crippen molar-refractivity contribution in [3.05, 3.63) is 64.9 Å². The second-order valence-electron chi connectivity index (χ2n) is 6.98. The average Bonchev–Trinajstić information content (AvgIpc) is 2.73. The van der Waals surface area contributed by atoms with Crippen LogP contribution in [0.15, 0.2) is 48.5 Å². The summed E-state index contributed by atoms with van der Waals surface area (Å²) in [5, 5.41) is 3.48. The summed E-state index contributed by atoms with van der Waals surface area (Å²) < 4.78 is 13.3. The van der Waals surface area contributed by atoms with Crippen molar-refractivity contribution in [2.45, 2.75) is 39.5 Å². The van der Waals surface area contributed by atoms with E-state index >= 15 is 0 Å². The third kappa shape index (κ3) is 6.86. The molecule has 1 N–H and O–H groups in total. The van der Waals surface area contributed by atoms with E-state index in [-0.39, 0.29) is 30.1 Å². The first kappa shape index (κ1) is 22.9. The van der Waals surface area contributed by atoms with E-state index in [9.17, 15) is 14.0 Å². The highest BCUT2D eigenvalue weighted by atomic mass is 35.5. The van der Waals surface area contributed by atoms with Crippen molar-refractivity contribution in [2.75, 3.05) is 18.0 Å². The van der Waals surface area contributed by atoms with Crippen LogP contribution in [0, 0.1) is 11.7 Å². The van der Waals surface area contributed by atoms with Gasteiger partial charge in [-0.3, -0.25) is 9.59 Å². The maximum absolute atomic E-state index is 13.3. The second-order valence-corrected chi connectivity index (χ2v) is 7.41. The van der Waals surface area contributed by atoms with Crippen LogP contribution in [-0.2, 0) is 4.79 Å². The van der Waals surface area contributed by atoms with Crippen molar-refractivity contribution >= 4 is 29.1 Å². The Morgan fingerprint density at radius 2 is 1.72 bits per heavy atom. The lowest BCUT2D eigenvalue weighted by molar-refractivity contribution is -0.125. The molecule has 6 heteroatoms. The number of unbranched alkanes of at least 4 members (excludes halogenated alkanes) is 1. The van der Waals surface area contributed by atoms with Crippen LogP contribution in [0.3, 0.4) is 0 Å². The van der Waals surface area contributed by atoms with Gasteiger partial charge in [0, 0.05) is 35.3 Å². The highest BCUT2D eigenvalue weighted by Gasteiger charge is 2.20. The molecule has 1 unspecified atom stereocenters. The molecule has 2 amide bonds. The van der Waals surface area contributed by atoms with Crippen LogP contribution in [0.4, 0.5) is 10.1 Å². The Labute approximate surface area is 177 Å². The lowest BCUT2D eigenvalue weighted by Gasteiger charge is -2.24. The standard InChI is InChI=1S/C23H28ClFN2O2/c1-3-5-6-17(4-2)22(28)26-15-16-27(21-13-11-20(25)12-14-21)23(29)18-7-9-19(24)10-8-18/h7-14,17H,3-6,15-16H2,1-2H3,(H,26,28). The van der Waals surface area contributed by atoms with Gasteiger partial charge in [0.25, 0.3) is 5.91 Å². The van der Waals surface area contributed by atoms with Crippen LogP contribution in [0.2, 0.25) is 5.02 Å². The first-order valence-electron chi connectivity index (χ1n) is 10.1. The van der Waals surface area contributed by atoms with Crippen LogP contribution in [-0.4, -0.2) is 24.9 Å². The molecule has 0 heterocycles. The van der Waals surface area contributed by atoms with Crippen LogP contribution in [0.25, 0.3) is 0 Å². The topological polar surface area (TPSA) is 49.4 Å². The first-order chi connectivity index (χ1) is 14.0. The van der Waals surface area contributed by atoms with Gasteiger partial charge < -0.3 is 10.2 Å². The van der Waals surface area contributed by atoms with Crippen LogP contribution < -0.4 is 10.2 Å². The zero-order valence-electron chi connectivity index (χ0n) is 17.0. The number of rotatable bonds is 10. The van der Waals surface area contributed by atoms with Crippen molar-refractivity contribution in [3.8, 4) is 0 Å². The van der Waals surface area contributed by atoms with Gasteiger partial charge >= 0.3 is 0 Å². The van der Waals surface area contributed by atoms with Gasteiger partial charge in [0.15, 0.2) is 0 Å². The van der Waals surface area contributed by atoms with Gasteiger partial charge in [-0.15, -0.1) is 0 Å². The van der Waals surface area contributed by atoms with E-state index in [1.54, 1.807) is 36.4 Å². The summed E-state index contributed by atoms with van der Waals surface area (Å²) in [6.07, 6.45) is 3.72. The number of carbonyl (C=O) groups is 2. The number of carbonyl (C=O) groups excluding carboxylic acids is 2. The molecule has 0 radical (unpaired) electrons. The second kappa shape index (κ2) is 11.6.